The number of carbonyl (C=O) groups excluding carboxylic acids is 1. The Morgan fingerprint density at radius 3 is 2.50 bits per heavy atom. The number of amides is 1. The first-order chi connectivity index (χ1) is 17.8. The summed E-state index contributed by atoms with van der Waals surface area (Å²) < 4.78 is 11.8. The Hall–Kier alpha value is -3.96. The summed E-state index contributed by atoms with van der Waals surface area (Å²) in [4.78, 5) is 19.7. The first-order valence-electron chi connectivity index (χ1n) is 12.5. The van der Waals surface area contributed by atoms with E-state index in [9.17, 15) is 4.79 Å². The smallest absolute Gasteiger partial charge is 0.410 e. The van der Waals surface area contributed by atoms with Gasteiger partial charge in [-0.05, 0) is 58.0 Å². The molecule has 1 amide bonds. The molecule has 0 radical (unpaired) electrons. The molecule has 0 saturated carbocycles. The minimum absolute atomic E-state index is 0.0380. The molecule has 0 spiro atoms. The number of benzene rings is 3. The van der Waals surface area contributed by atoms with Crippen molar-refractivity contribution in [2.24, 2.45) is 0 Å². The quantitative estimate of drug-likeness (QED) is 0.363. The van der Waals surface area contributed by atoms with E-state index in [4.69, 9.17) is 9.47 Å². The van der Waals surface area contributed by atoms with Gasteiger partial charge in [0.1, 0.15) is 6.61 Å². The first kappa shape index (κ1) is 21.3. The standard InChI is InChI=1S/C31H26N2O3/c34-31(36-19-29-27-9-3-1-7-25(27)26-8-2-4-10-28(26)29)33-23-15-22(16-24(33)18-35-17-23)20-11-12-30-21(14-20)6-5-13-32-30/h1-15,23-24,29H,16-19H2. The Bertz CT molecular complexity index is 1470. The van der Waals surface area contributed by atoms with Crippen LogP contribution >= 0.6 is 0 Å². The van der Waals surface area contributed by atoms with Crippen LogP contribution in [0.25, 0.3) is 27.6 Å². The van der Waals surface area contributed by atoms with Crippen LogP contribution < -0.4 is 0 Å². The zero-order chi connectivity index (χ0) is 24.1. The highest BCUT2D eigenvalue weighted by Gasteiger charge is 2.40. The third kappa shape index (κ3) is 3.50. The number of morpholine rings is 1. The van der Waals surface area contributed by atoms with Gasteiger partial charge in [-0.2, -0.15) is 0 Å². The predicted octanol–water partition coefficient (Wildman–Crippen LogP) is 6.04. The van der Waals surface area contributed by atoms with E-state index in [-0.39, 0.29) is 24.1 Å². The highest BCUT2D eigenvalue weighted by molar-refractivity contribution is 5.84. The molecule has 1 fully saturated rings. The number of pyridine rings is 1. The number of hydrogen-bond acceptors (Lipinski definition) is 4. The molecule has 2 aliphatic heterocycles. The summed E-state index contributed by atoms with van der Waals surface area (Å²) >= 11 is 0. The van der Waals surface area contributed by atoms with Gasteiger partial charge >= 0.3 is 6.09 Å². The maximum absolute atomic E-state index is 13.4. The summed E-state index contributed by atoms with van der Waals surface area (Å²) in [5, 5.41) is 1.12. The molecule has 2 bridgehead atoms. The summed E-state index contributed by atoms with van der Waals surface area (Å²) in [6.45, 7) is 1.34. The van der Waals surface area contributed by atoms with Gasteiger partial charge in [-0.15, -0.1) is 0 Å². The molecule has 178 valence electrons. The van der Waals surface area contributed by atoms with Crippen molar-refractivity contribution in [1.82, 2.24) is 9.88 Å². The molecule has 2 atom stereocenters. The van der Waals surface area contributed by atoms with E-state index in [2.05, 4.69) is 83.9 Å². The molecule has 5 heteroatoms. The van der Waals surface area contributed by atoms with E-state index < -0.39 is 0 Å². The molecule has 5 nitrogen and oxygen atoms in total. The lowest BCUT2D eigenvalue weighted by molar-refractivity contribution is -0.0331. The van der Waals surface area contributed by atoms with Gasteiger partial charge in [0.05, 0.1) is 30.8 Å². The number of carbonyl (C=O) groups is 1. The van der Waals surface area contributed by atoms with E-state index in [0.717, 1.165) is 17.3 Å². The highest BCUT2D eigenvalue weighted by atomic mass is 16.6. The molecule has 1 saturated heterocycles. The predicted molar refractivity (Wildman–Crippen MR) is 140 cm³/mol. The van der Waals surface area contributed by atoms with Crippen molar-refractivity contribution in [3.63, 3.8) is 0 Å². The van der Waals surface area contributed by atoms with Gasteiger partial charge in [-0.3, -0.25) is 9.88 Å². The van der Waals surface area contributed by atoms with Crippen LogP contribution in [0.15, 0.2) is 91.1 Å². The van der Waals surface area contributed by atoms with E-state index in [0.29, 0.717) is 19.8 Å². The van der Waals surface area contributed by atoms with Gasteiger partial charge in [-0.25, -0.2) is 4.79 Å². The van der Waals surface area contributed by atoms with Crippen LogP contribution in [0.3, 0.4) is 0 Å². The summed E-state index contributed by atoms with van der Waals surface area (Å²) in [6, 6.07) is 27.1. The molecule has 0 N–H and O–H groups in total. The van der Waals surface area contributed by atoms with E-state index >= 15 is 0 Å². The third-order valence-corrected chi connectivity index (χ3v) is 7.72. The Kier molecular flexibility index (Phi) is 5.10. The van der Waals surface area contributed by atoms with Crippen LogP contribution in [0.1, 0.15) is 29.0 Å². The largest absolute Gasteiger partial charge is 0.448 e. The molecule has 3 heterocycles. The van der Waals surface area contributed by atoms with Crippen LogP contribution in [0.5, 0.6) is 0 Å². The lowest BCUT2D eigenvalue weighted by Gasteiger charge is -2.44. The fourth-order valence-electron chi connectivity index (χ4n) is 6.04. The molecule has 7 rings (SSSR count). The fraction of sp³-hybridized carbons (Fsp3) is 0.226. The summed E-state index contributed by atoms with van der Waals surface area (Å²) in [7, 11) is 0. The number of aromatic nitrogens is 1. The molecule has 36 heavy (non-hydrogen) atoms. The minimum atomic E-state index is -0.256. The molecule has 1 aromatic heterocycles. The lowest BCUT2D eigenvalue weighted by atomic mass is 9.89. The maximum Gasteiger partial charge on any atom is 0.410 e. The van der Waals surface area contributed by atoms with E-state index in [1.54, 1.807) is 0 Å². The highest BCUT2D eigenvalue weighted by Crippen LogP contribution is 2.44. The van der Waals surface area contributed by atoms with Gasteiger partial charge in [0.25, 0.3) is 0 Å². The normalized spacial score (nSPS) is 20.6. The number of nitrogens with zero attached hydrogens (tertiary/aromatic N) is 2. The zero-order valence-electron chi connectivity index (χ0n) is 19.8. The fourth-order valence-corrected chi connectivity index (χ4v) is 6.04. The molecular formula is C31H26N2O3. The summed E-state index contributed by atoms with van der Waals surface area (Å²) in [6.07, 6.45) is 4.48. The molecule has 2 unspecified atom stereocenters. The number of rotatable bonds is 3. The SMILES string of the molecule is O=C(OCC1c2ccccc2-c2ccccc21)N1C2C=C(c3ccc4ncccc4c3)CC1COC2. The second-order valence-corrected chi connectivity index (χ2v) is 9.78. The number of fused-ring (bicyclic) bond motifs is 6. The van der Waals surface area contributed by atoms with Crippen molar-refractivity contribution < 1.29 is 14.3 Å². The van der Waals surface area contributed by atoms with Crippen LogP contribution in [-0.2, 0) is 9.47 Å². The summed E-state index contributed by atoms with van der Waals surface area (Å²) in [5.41, 5.74) is 8.33. The average molecular weight is 475 g/mol. The van der Waals surface area contributed by atoms with Crippen molar-refractivity contribution in [1.29, 1.82) is 0 Å². The lowest BCUT2D eigenvalue weighted by Crippen LogP contribution is -2.56. The Morgan fingerprint density at radius 2 is 1.72 bits per heavy atom. The van der Waals surface area contributed by atoms with Gasteiger partial charge in [0, 0.05) is 17.5 Å². The van der Waals surface area contributed by atoms with E-state index in [1.165, 1.54) is 33.4 Å². The molecule has 3 aliphatic rings. The molecular weight excluding hydrogens is 448 g/mol. The van der Waals surface area contributed by atoms with E-state index in [1.807, 2.05) is 17.2 Å². The Balaban J connectivity index is 1.12. The monoisotopic (exact) mass is 474 g/mol. The number of ether oxygens (including phenoxy) is 2. The minimum Gasteiger partial charge on any atom is -0.448 e. The Morgan fingerprint density at radius 1 is 0.944 bits per heavy atom. The van der Waals surface area contributed by atoms with Crippen molar-refractivity contribution in [2.75, 3.05) is 19.8 Å². The van der Waals surface area contributed by atoms with Gasteiger partial charge in [0.2, 0.25) is 0 Å². The van der Waals surface area contributed by atoms with Gasteiger partial charge in [-0.1, -0.05) is 66.7 Å². The third-order valence-electron chi connectivity index (χ3n) is 7.72. The molecule has 4 aromatic rings. The summed E-state index contributed by atoms with van der Waals surface area (Å²) in [5.74, 6) is 0.0551. The topological polar surface area (TPSA) is 51.7 Å². The van der Waals surface area contributed by atoms with Crippen molar-refractivity contribution in [3.05, 3.63) is 108 Å². The van der Waals surface area contributed by atoms with Crippen molar-refractivity contribution >= 4 is 22.6 Å². The van der Waals surface area contributed by atoms with Crippen molar-refractivity contribution in [3.8, 4) is 11.1 Å². The molecule has 1 aliphatic carbocycles. The number of hydrogen-bond donors (Lipinski definition) is 0. The zero-order valence-corrected chi connectivity index (χ0v) is 19.8. The van der Waals surface area contributed by atoms with Crippen LogP contribution in [-0.4, -0.2) is 47.9 Å². The Labute approximate surface area is 210 Å². The first-order valence-corrected chi connectivity index (χ1v) is 12.5. The van der Waals surface area contributed by atoms with Gasteiger partial charge in [0.15, 0.2) is 0 Å². The second kappa shape index (κ2) is 8.61. The van der Waals surface area contributed by atoms with Crippen molar-refractivity contribution in [2.45, 2.75) is 24.4 Å². The van der Waals surface area contributed by atoms with Crippen LogP contribution in [0.2, 0.25) is 0 Å². The van der Waals surface area contributed by atoms with Crippen LogP contribution in [0.4, 0.5) is 4.79 Å². The average Bonchev–Trinajstić information content (AvgIpc) is 3.24. The van der Waals surface area contributed by atoms with Gasteiger partial charge < -0.3 is 9.47 Å². The van der Waals surface area contributed by atoms with Crippen LogP contribution in [0, 0.1) is 0 Å². The molecule has 3 aromatic carbocycles. The second-order valence-electron chi connectivity index (χ2n) is 9.78. The maximum atomic E-state index is 13.4.